The Labute approximate surface area is 159 Å². The van der Waals surface area contributed by atoms with Crippen molar-refractivity contribution in [3.05, 3.63) is 46.9 Å². The third kappa shape index (κ3) is 3.92. The van der Waals surface area contributed by atoms with Crippen LogP contribution in [0.25, 0.3) is 11.3 Å². The number of benzene rings is 1. The zero-order valence-electron chi connectivity index (χ0n) is 15.3. The van der Waals surface area contributed by atoms with Crippen molar-refractivity contribution in [2.45, 2.75) is 51.4 Å². The van der Waals surface area contributed by atoms with Crippen LogP contribution in [0.3, 0.4) is 0 Å². The first-order chi connectivity index (χ1) is 13.1. The zero-order valence-corrected chi connectivity index (χ0v) is 15.3. The number of halogens is 4. The minimum atomic E-state index is -4.65. The molecule has 28 heavy (non-hydrogen) atoms. The lowest BCUT2D eigenvalue weighted by atomic mass is 9.86. The first-order valence-electron chi connectivity index (χ1n) is 9.08. The van der Waals surface area contributed by atoms with Crippen LogP contribution >= 0.6 is 0 Å². The van der Waals surface area contributed by atoms with Gasteiger partial charge >= 0.3 is 12.1 Å². The second-order valence-corrected chi connectivity index (χ2v) is 7.25. The molecule has 2 aromatic rings. The van der Waals surface area contributed by atoms with Crippen LogP contribution in [-0.2, 0) is 12.7 Å². The van der Waals surface area contributed by atoms with Crippen LogP contribution < -0.4 is 0 Å². The normalized spacial score (nSPS) is 20.4. The van der Waals surface area contributed by atoms with Crippen LogP contribution in [0.5, 0.6) is 0 Å². The molecule has 152 valence electrons. The summed E-state index contributed by atoms with van der Waals surface area (Å²) in [7, 11) is 0. The maximum absolute atomic E-state index is 14.4. The standard InChI is InChI=1S/C20H21F4NO3/c1-11-14(19(27)28)9-17(25(11)10-12-4-2-3-5-18(12)26)15-8-13(20(22,23)24)6-7-16(15)21/h6-9,12,18,26H,2-5,10H2,1H3,(H,27,28). The number of carboxylic acids is 1. The highest BCUT2D eigenvalue weighted by Gasteiger charge is 2.32. The molecular weight excluding hydrogens is 378 g/mol. The van der Waals surface area contributed by atoms with Gasteiger partial charge in [0.25, 0.3) is 0 Å². The smallest absolute Gasteiger partial charge is 0.416 e. The fraction of sp³-hybridized carbons (Fsp3) is 0.450. The van der Waals surface area contributed by atoms with Crippen molar-refractivity contribution in [1.82, 2.24) is 4.57 Å². The maximum Gasteiger partial charge on any atom is 0.416 e. The molecule has 4 nitrogen and oxygen atoms in total. The Morgan fingerprint density at radius 3 is 2.50 bits per heavy atom. The van der Waals surface area contributed by atoms with E-state index in [-0.39, 0.29) is 29.3 Å². The Balaban J connectivity index is 2.12. The van der Waals surface area contributed by atoms with Crippen LogP contribution in [-0.4, -0.2) is 26.9 Å². The molecule has 0 amide bonds. The summed E-state index contributed by atoms with van der Waals surface area (Å²) in [6, 6.07) is 3.29. The van der Waals surface area contributed by atoms with Crippen molar-refractivity contribution in [3.63, 3.8) is 0 Å². The highest BCUT2D eigenvalue weighted by atomic mass is 19.4. The predicted molar refractivity (Wildman–Crippen MR) is 94.5 cm³/mol. The number of hydrogen-bond donors (Lipinski definition) is 2. The average molecular weight is 399 g/mol. The fourth-order valence-corrected chi connectivity index (χ4v) is 3.85. The zero-order chi connectivity index (χ0) is 20.6. The van der Waals surface area contributed by atoms with E-state index in [4.69, 9.17) is 0 Å². The molecule has 1 aromatic heterocycles. The number of aromatic nitrogens is 1. The topological polar surface area (TPSA) is 62.5 Å². The van der Waals surface area contributed by atoms with Gasteiger partial charge in [-0.05, 0) is 44.0 Å². The molecule has 8 heteroatoms. The molecule has 3 rings (SSSR count). The van der Waals surface area contributed by atoms with Crippen molar-refractivity contribution in [3.8, 4) is 11.3 Å². The summed E-state index contributed by atoms with van der Waals surface area (Å²) in [5.74, 6) is -2.28. The molecule has 1 aromatic carbocycles. The largest absolute Gasteiger partial charge is 0.478 e. The van der Waals surface area contributed by atoms with Gasteiger partial charge in [0.2, 0.25) is 0 Å². The van der Waals surface area contributed by atoms with Crippen LogP contribution in [0.1, 0.15) is 47.3 Å². The second-order valence-electron chi connectivity index (χ2n) is 7.25. The van der Waals surface area contributed by atoms with Gasteiger partial charge in [0, 0.05) is 23.7 Å². The number of carbonyl (C=O) groups is 1. The molecule has 0 bridgehead atoms. The maximum atomic E-state index is 14.4. The first-order valence-corrected chi connectivity index (χ1v) is 9.08. The van der Waals surface area contributed by atoms with Crippen molar-refractivity contribution in [1.29, 1.82) is 0 Å². The Hall–Kier alpha value is -2.35. The minimum absolute atomic E-state index is 0.0660. The quantitative estimate of drug-likeness (QED) is 0.721. The molecule has 2 unspecified atom stereocenters. The number of rotatable bonds is 4. The highest BCUT2D eigenvalue weighted by molar-refractivity contribution is 5.91. The summed E-state index contributed by atoms with van der Waals surface area (Å²) in [5.41, 5.74) is -1.04. The van der Waals surface area contributed by atoms with E-state index in [1.807, 2.05) is 0 Å². The highest BCUT2D eigenvalue weighted by Crippen LogP contribution is 2.36. The molecule has 2 atom stereocenters. The lowest BCUT2D eigenvalue weighted by Crippen LogP contribution is -2.29. The molecule has 1 aliphatic carbocycles. The summed E-state index contributed by atoms with van der Waals surface area (Å²) in [6.07, 6.45) is -2.11. The van der Waals surface area contributed by atoms with Crippen LogP contribution in [0.4, 0.5) is 17.6 Å². The molecule has 0 aliphatic heterocycles. The molecule has 1 saturated carbocycles. The van der Waals surface area contributed by atoms with Gasteiger partial charge in [-0.2, -0.15) is 13.2 Å². The number of aliphatic hydroxyl groups is 1. The summed E-state index contributed by atoms with van der Waals surface area (Å²) >= 11 is 0. The Bertz CT molecular complexity index is 888. The Morgan fingerprint density at radius 2 is 1.89 bits per heavy atom. The van der Waals surface area contributed by atoms with Gasteiger partial charge in [-0.1, -0.05) is 12.8 Å². The molecule has 0 saturated heterocycles. The summed E-state index contributed by atoms with van der Waals surface area (Å²) in [6.45, 7) is 1.75. The average Bonchev–Trinajstić information content (AvgIpc) is 2.93. The van der Waals surface area contributed by atoms with Gasteiger partial charge in [-0.25, -0.2) is 9.18 Å². The van der Waals surface area contributed by atoms with E-state index in [0.717, 1.165) is 18.9 Å². The number of nitrogens with zero attached hydrogens (tertiary/aromatic N) is 1. The van der Waals surface area contributed by atoms with Crippen molar-refractivity contribution >= 4 is 5.97 Å². The lowest BCUT2D eigenvalue weighted by molar-refractivity contribution is -0.137. The van der Waals surface area contributed by atoms with Gasteiger partial charge in [0.15, 0.2) is 0 Å². The Kier molecular flexibility index (Phi) is 5.52. The van der Waals surface area contributed by atoms with Crippen LogP contribution in [0.2, 0.25) is 0 Å². The first kappa shape index (κ1) is 20.4. The third-order valence-electron chi connectivity index (χ3n) is 5.45. The third-order valence-corrected chi connectivity index (χ3v) is 5.45. The number of hydrogen-bond acceptors (Lipinski definition) is 2. The summed E-state index contributed by atoms with van der Waals surface area (Å²) < 4.78 is 55.2. The summed E-state index contributed by atoms with van der Waals surface area (Å²) in [4.78, 5) is 11.5. The monoisotopic (exact) mass is 399 g/mol. The van der Waals surface area contributed by atoms with E-state index in [9.17, 15) is 32.6 Å². The number of aliphatic hydroxyl groups excluding tert-OH is 1. The van der Waals surface area contributed by atoms with Gasteiger partial charge in [-0.3, -0.25) is 0 Å². The minimum Gasteiger partial charge on any atom is -0.478 e. The van der Waals surface area contributed by atoms with Gasteiger partial charge in [0.1, 0.15) is 5.82 Å². The van der Waals surface area contributed by atoms with E-state index in [1.54, 1.807) is 0 Å². The van der Waals surface area contributed by atoms with E-state index in [1.165, 1.54) is 17.6 Å². The number of alkyl halides is 3. The van der Waals surface area contributed by atoms with Crippen molar-refractivity contribution in [2.24, 2.45) is 5.92 Å². The van der Waals surface area contributed by atoms with Crippen LogP contribution in [0.15, 0.2) is 24.3 Å². The second kappa shape index (κ2) is 7.58. The molecule has 0 radical (unpaired) electrons. The molecule has 2 N–H and O–H groups in total. The lowest BCUT2D eigenvalue weighted by Gasteiger charge is -2.29. The van der Waals surface area contributed by atoms with Crippen LogP contribution in [0, 0.1) is 18.7 Å². The number of carboxylic acid groups (broad SMARTS) is 1. The van der Waals surface area contributed by atoms with E-state index in [0.29, 0.717) is 30.7 Å². The number of aromatic carboxylic acids is 1. The van der Waals surface area contributed by atoms with Gasteiger partial charge < -0.3 is 14.8 Å². The van der Waals surface area contributed by atoms with Gasteiger partial charge in [-0.15, -0.1) is 0 Å². The van der Waals surface area contributed by atoms with E-state index in [2.05, 4.69) is 0 Å². The predicted octanol–water partition coefficient (Wildman–Crippen LogP) is 4.87. The van der Waals surface area contributed by atoms with Crippen molar-refractivity contribution in [2.75, 3.05) is 0 Å². The van der Waals surface area contributed by atoms with Gasteiger partial charge in [0.05, 0.1) is 22.9 Å². The molecular formula is C20H21F4NO3. The molecule has 0 spiro atoms. The van der Waals surface area contributed by atoms with Crippen molar-refractivity contribution < 1.29 is 32.6 Å². The van der Waals surface area contributed by atoms with E-state index >= 15 is 0 Å². The van der Waals surface area contributed by atoms with E-state index < -0.39 is 29.6 Å². The molecule has 1 fully saturated rings. The summed E-state index contributed by atoms with van der Waals surface area (Å²) in [5, 5.41) is 19.7. The Morgan fingerprint density at radius 1 is 1.21 bits per heavy atom. The fourth-order valence-electron chi connectivity index (χ4n) is 3.85. The SMILES string of the molecule is Cc1c(C(=O)O)cc(-c2cc(C(F)(F)F)ccc2F)n1CC1CCCCC1O. The molecule has 1 heterocycles. The molecule has 1 aliphatic rings.